The highest BCUT2D eigenvalue weighted by atomic mass is 16.4. The number of carbonyl (C=O) groups excluding carboxylic acids is 1. The van der Waals surface area contributed by atoms with Gasteiger partial charge in [0.15, 0.2) is 5.78 Å². The number of fused-ring (bicyclic) bond motifs is 3. The van der Waals surface area contributed by atoms with Gasteiger partial charge in [-0.25, -0.2) is 0 Å². The number of nitrogens with zero attached hydrogens (tertiary/aromatic N) is 1. The molecule has 0 aromatic carbocycles. The lowest BCUT2D eigenvalue weighted by atomic mass is 9.77. The second kappa shape index (κ2) is 3.55. The first kappa shape index (κ1) is 10.3. The van der Waals surface area contributed by atoms with E-state index in [0.717, 1.165) is 32.2 Å². The summed E-state index contributed by atoms with van der Waals surface area (Å²) in [6.07, 6.45) is 4.33. The number of carboxylic acid groups (broad SMARTS) is 1. The monoisotopic (exact) mass is 223 g/mol. The van der Waals surface area contributed by atoms with Crippen molar-refractivity contribution in [2.45, 2.75) is 44.2 Å². The Morgan fingerprint density at radius 2 is 2.12 bits per heavy atom. The first-order valence-corrected chi connectivity index (χ1v) is 6.21. The molecule has 16 heavy (non-hydrogen) atoms. The Bertz CT molecular complexity index is 341. The van der Waals surface area contributed by atoms with Crippen LogP contribution in [-0.2, 0) is 9.59 Å². The Hall–Kier alpha value is -0.900. The second-order valence-corrected chi connectivity index (χ2v) is 5.32. The molecule has 1 aliphatic carbocycles. The zero-order chi connectivity index (χ0) is 11.3. The van der Waals surface area contributed by atoms with E-state index in [4.69, 9.17) is 5.11 Å². The molecule has 0 radical (unpaired) electrons. The number of Topliss-reactive ketones (excluding diaryl/α,β-unsaturated/α-hetero) is 1. The molecule has 0 aromatic heterocycles. The molecule has 0 aromatic rings. The van der Waals surface area contributed by atoms with Crippen LogP contribution in [0.5, 0.6) is 0 Å². The molecule has 1 saturated carbocycles. The lowest BCUT2D eigenvalue weighted by molar-refractivity contribution is -0.143. The minimum atomic E-state index is -0.724. The van der Waals surface area contributed by atoms with Crippen LogP contribution in [0.4, 0.5) is 0 Å². The summed E-state index contributed by atoms with van der Waals surface area (Å²) < 4.78 is 0. The van der Waals surface area contributed by atoms with Gasteiger partial charge in [0.1, 0.15) is 0 Å². The number of hydrogen-bond acceptors (Lipinski definition) is 3. The Labute approximate surface area is 94.6 Å². The van der Waals surface area contributed by atoms with Gasteiger partial charge in [-0.05, 0) is 38.6 Å². The Kier molecular flexibility index (Phi) is 2.28. The third-order valence-electron chi connectivity index (χ3n) is 4.58. The summed E-state index contributed by atoms with van der Waals surface area (Å²) in [6.45, 7) is 1.04. The molecule has 0 amide bonds. The zero-order valence-corrected chi connectivity index (χ0v) is 9.26. The second-order valence-electron chi connectivity index (χ2n) is 5.32. The Morgan fingerprint density at radius 1 is 1.31 bits per heavy atom. The third-order valence-corrected chi connectivity index (χ3v) is 4.58. The molecule has 0 bridgehead atoms. The fourth-order valence-corrected chi connectivity index (χ4v) is 3.82. The normalized spacial score (nSPS) is 43.1. The molecule has 1 N–H and O–H groups in total. The van der Waals surface area contributed by atoms with Crippen molar-refractivity contribution >= 4 is 11.8 Å². The summed E-state index contributed by atoms with van der Waals surface area (Å²) in [5.74, 6) is -0.669. The van der Waals surface area contributed by atoms with Crippen molar-refractivity contribution in [1.82, 2.24) is 4.90 Å². The van der Waals surface area contributed by atoms with E-state index in [1.807, 2.05) is 0 Å². The van der Waals surface area contributed by atoms with Crippen molar-refractivity contribution < 1.29 is 14.7 Å². The molecule has 88 valence electrons. The number of carbonyl (C=O) groups is 2. The molecule has 2 aliphatic heterocycles. The van der Waals surface area contributed by atoms with E-state index < -0.39 is 5.97 Å². The SMILES string of the molecule is O=C(O)[C@@H]1CC[C@H]2[C@H](C1)C(=O)[C@H]1CCCN12. The van der Waals surface area contributed by atoms with Gasteiger partial charge in [-0.15, -0.1) is 0 Å². The van der Waals surface area contributed by atoms with Crippen molar-refractivity contribution in [2.75, 3.05) is 6.54 Å². The van der Waals surface area contributed by atoms with Crippen LogP contribution in [0.15, 0.2) is 0 Å². The smallest absolute Gasteiger partial charge is 0.306 e. The van der Waals surface area contributed by atoms with Crippen molar-refractivity contribution in [3.05, 3.63) is 0 Å². The van der Waals surface area contributed by atoms with Gasteiger partial charge in [0.05, 0.1) is 12.0 Å². The van der Waals surface area contributed by atoms with E-state index in [1.54, 1.807) is 0 Å². The van der Waals surface area contributed by atoms with Crippen LogP contribution in [0.25, 0.3) is 0 Å². The van der Waals surface area contributed by atoms with Crippen molar-refractivity contribution in [3.8, 4) is 0 Å². The molecule has 4 heteroatoms. The highest BCUT2D eigenvalue weighted by Crippen LogP contribution is 2.43. The number of rotatable bonds is 1. The van der Waals surface area contributed by atoms with Gasteiger partial charge in [-0.3, -0.25) is 14.5 Å². The third kappa shape index (κ3) is 1.32. The fourth-order valence-electron chi connectivity index (χ4n) is 3.82. The highest BCUT2D eigenvalue weighted by Gasteiger charge is 2.52. The van der Waals surface area contributed by atoms with E-state index >= 15 is 0 Å². The van der Waals surface area contributed by atoms with Gasteiger partial charge in [0.25, 0.3) is 0 Å². The van der Waals surface area contributed by atoms with Crippen LogP contribution in [0, 0.1) is 11.8 Å². The highest BCUT2D eigenvalue weighted by molar-refractivity contribution is 5.90. The first-order chi connectivity index (χ1) is 7.68. The Morgan fingerprint density at radius 3 is 2.88 bits per heavy atom. The summed E-state index contributed by atoms with van der Waals surface area (Å²) in [6, 6.07) is 0.484. The molecule has 2 heterocycles. The average Bonchev–Trinajstić information content (AvgIpc) is 2.83. The minimum absolute atomic E-state index is 0.0140. The quantitative estimate of drug-likeness (QED) is 0.717. The van der Waals surface area contributed by atoms with E-state index in [-0.39, 0.29) is 17.9 Å². The molecule has 0 unspecified atom stereocenters. The number of ketones is 1. The van der Waals surface area contributed by atoms with Crippen LogP contribution in [0.3, 0.4) is 0 Å². The average molecular weight is 223 g/mol. The van der Waals surface area contributed by atoms with Crippen LogP contribution in [0.1, 0.15) is 32.1 Å². The molecule has 0 spiro atoms. The summed E-state index contributed by atoms with van der Waals surface area (Å²) in [5, 5.41) is 9.02. The standard InChI is InChI=1S/C12H17NO3/c14-11-8-6-7(12(15)16)3-4-9(8)13-5-1-2-10(11)13/h7-10H,1-6H2,(H,15,16)/t7-,8+,9+,10-/m1/s1. The van der Waals surface area contributed by atoms with Crippen molar-refractivity contribution in [1.29, 1.82) is 0 Å². The number of aliphatic carboxylic acids is 1. The molecular formula is C12H17NO3. The van der Waals surface area contributed by atoms with Gasteiger partial charge in [-0.1, -0.05) is 0 Å². The van der Waals surface area contributed by atoms with Gasteiger partial charge in [-0.2, -0.15) is 0 Å². The minimum Gasteiger partial charge on any atom is -0.481 e. The topological polar surface area (TPSA) is 57.6 Å². The summed E-state index contributed by atoms with van der Waals surface area (Å²) in [7, 11) is 0. The van der Waals surface area contributed by atoms with Crippen LogP contribution in [-0.4, -0.2) is 40.4 Å². The van der Waals surface area contributed by atoms with Crippen LogP contribution >= 0.6 is 0 Å². The van der Waals surface area contributed by atoms with Crippen molar-refractivity contribution in [2.24, 2.45) is 11.8 Å². The molecular weight excluding hydrogens is 206 g/mol. The van der Waals surface area contributed by atoms with E-state index in [0.29, 0.717) is 18.2 Å². The Balaban J connectivity index is 1.80. The predicted octanol–water partition coefficient (Wildman–Crippen LogP) is 0.903. The van der Waals surface area contributed by atoms with E-state index in [2.05, 4.69) is 4.90 Å². The van der Waals surface area contributed by atoms with Crippen molar-refractivity contribution in [3.63, 3.8) is 0 Å². The van der Waals surface area contributed by atoms with Gasteiger partial charge >= 0.3 is 5.97 Å². The number of hydrogen-bond donors (Lipinski definition) is 1. The van der Waals surface area contributed by atoms with E-state index in [1.165, 1.54) is 0 Å². The van der Waals surface area contributed by atoms with Crippen LogP contribution < -0.4 is 0 Å². The zero-order valence-electron chi connectivity index (χ0n) is 9.26. The molecule has 3 fully saturated rings. The molecule has 3 aliphatic rings. The van der Waals surface area contributed by atoms with Gasteiger partial charge < -0.3 is 5.11 Å². The summed E-state index contributed by atoms with van der Waals surface area (Å²) >= 11 is 0. The largest absolute Gasteiger partial charge is 0.481 e. The van der Waals surface area contributed by atoms with Gasteiger partial charge in [0, 0.05) is 12.0 Å². The molecule has 3 rings (SSSR count). The maximum Gasteiger partial charge on any atom is 0.306 e. The molecule has 4 nitrogen and oxygen atoms in total. The maximum absolute atomic E-state index is 12.2. The van der Waals surface area contributed by atoms with Gasteiger partial charge in [0.2, 0.25) is 0 Å². The van der Waals surface area contributed by atoms with E-state index in [9.17, 15) is 9.59 Å². The predicted molar refractivity (Wildman–Crippen MR) is 57.0 cm³/mol. The lowest BCUT2D eigenvalue weighted by Gasteiger charge is -2.32. The van der Waals surface area contributed by atoms with Crippen LogP contribution in [0.2, 0.25) is 0 Å². The fraction of sp³-hybridized carbons (Fsp3) is 0.833. The summed E-state index contributed by atoms with van der Waals surface area (Å²) in [5.41, 5.74) is 0. The maximum atomic E-state index is 12.2. The first-order valence-electron chi connectivity index (χ1n) is 6.21. The molecule has 2 saturated heterocycles. The number of carboxylic acids is 1. The summed E-state index contributed by atoms with van der Waals surface area (Å²) in [4.78, 5) is 25.5. The lowest BCUT2D eigenvalue weighted by Crippen LogP contribution is -2.38. The molecule has 4 atom stereocenters.